The number of aryl methyl sites for hydroxylation is 3. The molecule has 0 bridgehead atoms. The largest absolute Gasteiger partial charge is 0.271 e. The van der Waals surface area contributed by atoms with E-state index in [-0.39, 0.29) is 6.04 Å². The molecular formula is C15H19N3. The molecule has 0 radical (unpaired) electrons. The van der Waals surface area contributed by atoms with Crippen molar-refractivity contribution >= 4 is 0 Å². The lowest BCUT2D eigenvalue weighted by Crippen LogP contribution is -2.29. The molecule has 0 fully saturated rings. The minimum absolute atomic E-state index is 0.00676. The van der Waals surface area contributed by atoms with Gasteiger partial charge in [0.2, 0.25) is 0 Å². The number of nitrogens with zero attached hydrogens (tertiary/aromatic N) is 1. The van der Waals surface area contributed by atoms with Crippen LogP contribution in [0.1, 0.15) is 33.9 Å². The van der Waals surface area contributed by atoms with E-state index in [4.69, 9.17) is 5.84 Å². The fraction of sp³-hybridized carbons (Fsp3) is 0.267. The quantitative estimate of drug-likeness (QED) is 0.641. The molecule has 3 N–H and O–H groups in total. The molecule has 2 aromatic rings. The number of aromatic nitrogens is 1. The molecule has 18 heavy (non-hydrogen) atoms. The first-order valence-electron chi connectivity index (χ1n) is 6.07. The van der Waals surface area contributed by atoms with Gasteiger partial charge in [-0.1, -0.05) is 12.1 Å². The van der Waals surface area contributed by atoms with Crippen LogP contribution in [-0.2, 0) is 0 Å². The molecule has 1 heterocycles. The molecule has 0 spiro atoms. The zero-order valence-corrected chi connectivity index (χ0v) is 11.1. The predicted molar refractivity (Wildman–Crippen MR) is 74.1 cm³/mol. The summed E-state index contributed by atoms with van der Waals surface area (Å²) >= 11 is 0. The van der Waals surface area contributed by atoms with Gasteiger partial charge >= 0.3 is 0 Å². The minimum Gasteiger partial charge on any atom is -0.271 e. The molecular weight excluding hydrogens is 222 g/mol. The van der Waals surface area contributed by atoms with Crippen molar-refractivity contribution in [1.29, 1.82) is 0 Å². The first-order valence-corrected chi connectivity index (χ1v) is 6.07. The maximum Gasteiger partial charge on any atom is 0.0713 e. The van der Waals surface area contributed by atoms with Gasteiger partial charge in [0.1, 0.15) is 0 Å². The Morgan fingerprint density at radius 3 is 2.22 bits per heavy atom. The Bertz CT molecular complexity index is 535. The van der Waals surface area contributed by atoms with Crippen molar-refractivity contribution in [2.45, 2.75) is 26.8 Å². The summed E-state index contributed by atoms with van der Waals surface area (Å²) in [6.07, 6.45) is 3.58. The second-order valence-electron chi connectivity index (χ2n) is 4.67. The Labute approximate surface area is 108 Å². The fourth-order valence-corrected chi connectivity index (χ4v) is 2.22. The molecule has 2 rings (SSSR count). The van der Waals surface area contributed by atoms with Gasteiger partial charge in [-0.05, 0) is 60.7 Å². The van der Waals surface area contributed by atoms with Gasteiger partial charge in [0.15, 0.2) is 0 Å². The van der Waals surface area contributed by atoms with Gasteiger partial charge in [0.05, 0.1) is 6.04 Å². The molecule has 3 nitrogen and oxygen atoms in total. The molecule has 0 aliphatic heterocycles. The highest BCUT2D eigenvalue weighted by Crippen LogP contribution is 2.26. The summed E-state index contributed by atoms with van der Waals surface area (Å²) in [4.78, 5) is 4.04. The summed E-state index contributed by atoms with van der Waals surface area (Å²) in [5.74, 6) is 5.72. The van der Waals surface area contributed by atoms with Crippen molar-refractivity contribution in [1.82, 2.24) is 10.4 Å². The van der Waals surface area contributed by atoms with Crippen LogP contribution in [0.25, 0.3) is 0 Å². The van der Waals surface area contributed by atoms with Gasteiger partial charge in [-0.25, -0.2) is 5.43 Å². The molecule has 0 saturated carbocycles. The van der Waals surface area contributed by atoms with Crippen LogP contribution in [0.3, 0.4) is 0 Å². The molecule has 0 aliphatic rings. The lowest BCUT2D eigenvalue weighted by atomic mass is 9.92. The van der Waals surface area contributed by atoms with Gasteiger partial charge in [0.25, 0.3) is 0 Å². The molecule has 0 amide bonds. The molecule has 0 saturated heterocycles. The summed E-state index contributed by atoms with van der Waals surface area (Å²) in [6.45, 7) is 6.37. The van der Waals surface area contributed by atoms with Gasteiger partial charge in [-0.3, -0.25) is 10.8 Å². The van der Waals surface area contributed by atoms with E-state index in [0.717, 1.165) is 5.56 Å². The standard InChI is InChI=1S/C15H19N3/c1-10-8-12(3)14(9-11(10)2)15(18-16)13-4-6-17-7-5-13/h4-9,15,18H,16H2,1-3H3. The van der Waals surface area contributed by atoms with Crippen molar-refractivity contribution in [3.8, 4) is 0 Å². The second kappa shape index (κ2) is 5.29. The molecule has 94 valence electrons. The van der Waals surface area contributed by atoms with Crippen molar-refractivity contribution in [2.24, 2.45) is 5.84 Å². The molecule has 1 atom stereocenters. The third-order valence-corrected chi connectivity index (χ3v) is 3.40. The SMILES string of the molecule is Cc1cc(C)c(C(NN)c2ccncc2)cc1C. The average Bonchev–Trinajstić information content (AvgIpc) is 2.38. The maximum atomic E-state index is 5.72. The zero-order valence-electron chi connectivity index (χ0n) is 11.1. The Kier molecular flexibility index (Phi) is 3.75. The minimum atomic E-state index is 0.00676. The molecule has 1 unspecified atom stereocenters. The number of nitrogens with two attached hydrogens (primary N) is 1. The number of hydrogen-bond acceptors (Lipinski definition) is 3. The van der Waals surface area contributed by atoms with Crippen molar-refractivity contribution in [2.75, 3.05) is 0 Å². The number of rotatable bonds is 3. The molecule has 1 aromatic heterocycles. The van der Waals surface area contributed by atoms with Crippen LogP contribution < -0.4 is 11.3 Å². The van der Waals surface area contributed by atoms with Gasteiger partial charge in [-0.15, -0.1) is 0 Å². The van der Waals surface area contributed by atoms with Crippen LogP contribution in [0.4, 0.5) is 0 Å². The van der Waals surface area contributed by atoms with E-state index in [9.17, 15) is 0 Å². The average molecular weight is 241 g/mol. The number of pyridine rings is 1. The number of hydrazine groups is 1. The molecule has 3 heteroatoms. The summed E-state index contributed by atoms with van der Waals surface area (Å²) in [6, 6.07) is 8.39. The first-order chi connectivity index (χ1) is 8.63. The Balaban J connectivity index is 2.49. The molecule has 1 aromatic carbocycles. The van der Waals surface area contributed by atoms with E-state index in [1.807, 2.05) is 12.1 Å². The Morgan fingerprint density at radius 2 is 1.61 bits per heavy atom. The van der Waals surface area contributed by atoms with E-state index in [1.165, 1.54) is 22.3 Å². The topological polar surface area (TPSA) is 50.9 Å². The lowest BCUT2D eigenvalue weighted by molar-refractivity contribution is 0.632. The number of benzene rings is 1. The van der Waals surface area contributed by atoms with Gasteiger partial charge in [-0.2, -0.15) is 0 Å². The first kappa shape index (κ1) is 12.7. The number of hydrogen-bond donors (Lipinski definition) is 2. The normalized spacial score (nSPS) is 12.4. The van der Waals surface area contributed by atoms with E-state index in [1.54, 1.807) is 12.4 Å². The summed E-state index contributed by atoms with van der Waals surface area (Å²) < 4.78 is 0. The summed E-state index contributed by atoms with van der Waals surface area (Å²) in [5.41, 5.74) is 9.07. The van der Waals surface area contributed by atoms with Gasteiger partial charge in [0, 0.05) is 12.4 Å². The van der Waals surface area contributed by atoms with Crippen LogP contribution in [0.2, 0.25) is 0 Å². The van der Waals surface area contributed by atoms with Crippen LogP contribution >= 0.6 is 0 Å². The highest BCUT2D eigenvalue weighted by atomic mass is 15.2. The Hall–Kier alpha value is -1.71. The second-order valence-corrected chi connectivity index (χ2v) is 4.67. The summed E-state index contributed by atoms with van der Waals surface area (Å²) in [7, 11) is 0. The van der Waals surface area contributed by atoms with Crippen molar-refractivity contribution in [3.05, 3.63) is 64.5 Å². The van der Waals surface area contributed by atoms with Crippen LogP contribution in [0.15, 0.2) is 36.7 Å². The van der Waals surface area contributed by atoms with Crippen molar-refractivity contribution in [3.63, 3.8) is 0 Å². The number of nitrogens with one attached hydrogen (secondary N) is 1. The third kappa shape index (κ3) is 2.42. The lowest BCUT2D eigenvalue weighted by Gasteiger charge is -2.20. The van der Waals surface area contributed by atoms with Crippen molar-refractivity contribution < 1.29 is 0 Å². The fourth-order valence-electron chi connectivity index (χ4n) is 2.22. The van der Waals surface area contributed by atoms with Crippen LogP contribution in [-0.4, -0.2) is 4.98 Å². The third-order valence-electron chi connectivity index (χ3n) is 3.40. The monoisotopic (exact) mass is 241 g/mol. The van der Waals surface area contributed by atoms with Crippen LogP contribution in [0, 0.1) is 20.8 Å². The smallest absolute Gasteiger partial charge is 0.0713 e. The zero-order chi connectivity index (χ0) is 13.1. The molecule has 0 aliphatic carbocycles. The van der Waals surface area contributed by atoms with E-state index >= 15 is 0 Å². The highest BCUT2D eigenvalue weighted by molar-refractivity contribution is 5.41. The van der Waals surface area contributed by atoms with E-state index < -0.39 is 0 Å². The predicted octanol–water partition coefficient (Wildman–Crippen LogP) is 2.56. The van der Waals surface area contributed by atoms with E-state index in [2.05, 4.69) is 43.3 Å². The maximum absolute atomic E-state index is 5.72. The van der Waals surface area contributed by atoms with Crippen LogP contribution in [0.5, 0.6) is 0 Å². The van der Waals surface area contributed by atoms with Gasteiger partial charge < -0.3 is 0 Å². The highest BCUT2D eigenvalue weighted by Gasteiger charge is 2.15. The summed E-state index contributed by atoms with van der Waals surface area (Å²) in [5, 5.41) is 0. The van der Waals surface area contributed by atoms with E-state index in [0.29, 0.717) is 0 Å². The Morgan fingerprint density at radius 1 is 1.00 bits per heavy atom.